The second-order valence-corrected chi connectivity index (χ2v) is 6.90. The molecule has 0 aromatic rings. The molecule has 0 bridgehead atoms. The van der Waals surface area contributed by atoms with Crippen LogP contribution in [-0.2, 0) is 4.79 Å². The van der Waals surface area contributed by atoms with E-state index in [4.69, 9.17) is 0 Å². The predicted octanol–water partition coefficient (Wildman–Crippen LogP) is 2.02. The number of thioether (sulfide) groups is 1. The summed E-state index contributed by atoms with van der Waals surface area (Å²) in [6.07, 6.45) is 11.5. The van der Waals surface area contributed by atoms with Gasteiger partial charge < -0.3 is 10.6 Å². The van der Waals surface area contributed by atoms with Gasteiger partial charge >= 0.3 is 6.03 Å². The van der Waals surface area contributed by atoms with E-state index in [0.717, 1.165) is 25.0 Å². The van der Waals surface area contributed by atoms with Crippen molar-refractivity contribution in [2.45, 2.75) is 43.0 Å². The maximum Gasteiger partial charge on any atom is 0.315 e. The van der Waals surface area contributed by atoms with Crippen molar-refractivity contribution < 1.29 is 9.59 Å². The first-order chi connectivity index (χ1) is 9.74. The van der Waals surface area contributed by atoms with E-state index in [1.807, 2.05) is 36.1 Å². The number of hydrogen-bond donors (Lipinski definition) is 2. The molecular weight excluding hydrogens is 272 g/mol. The average molecular weight is 292 g/mol. The second kappa shape index (κ2) is 6.04. The molecule has 0 radical (unpaired) electrons. The van der Waals surface area contributed by atoms with Crippen molar-refractivity contribution >= 4 is 23.6 Å². The van der Waals surface area contributed by atoms with E-state index in [9.17, 15) is 9.59 Å². The molecule has 2 fully saturated rings. The van der Waals surface area contributed by atoms with Crippen molar-refractivity contribution in [1.29, 1.82) is 0 Å². The van der Waals surface area contributed by atoms with E-state index in [2.05, 4.69) is 10.6 Å². The first kappa shape index (κ1) is 13.7. The zero-order valence-corrected chi connectivity index (χ0v) is 12.2. The first-order valence-electron chi connectivity index (χ1n) is 7.30. The molecule has 2 N–H and O–H groups in total. The fourth-order valence-electron chi connectivity index (χ4n) is 3.10. The van der Waals surface area contributed by atoms with Gasteiger partial charge in [-0.1, -0.05) is 30.7 Å². The second-order valence-electron chi connectivity index (χ2n) is 5.63. The summed E-state index contributed by atoms with van der Waals surface area (Å²) < 4.78 is 0. The third kappa shape index (κ3) is 2.92. The number of rotatable bonds is 6. The normalized spacial score (nSPS) is 31.4. The van der Waals surface area contributed by atoms with Crippen LogP contribution in [-0.4, -0.2) is 34.9 Å². The number of amides is 2. The van der Waals surface area contributed by atoms with Crippen LogP contribution in [0.15, 0.2) is 24.3 Å². The lowest BCUT2D eigenvalue weighted by Crippen LogP contribution is -2.36. The third-order valence-electron chi connectivity index (χ3n) is 4.22. The number of hydrogen-bond acceptors (Lipinski definition) is 3. The Morgan fingerprint density at radius 2 is 2.05 bits per heavy atom. The van der Waals surface area contributed by atoms with Crippen molar-refractivity contribution in [3.05, 3.63) is 24.3 Å². The van der Waals surface area contributed by atoms with Crippen LogP contribution in [0.25, 0.3) is 0 Å². The molecular formula is C15H20N2O2S. The highest BCUT2D eigenvalue weighted by atomic mass is 32.2. The van der Waals surface area contributed by atoms with Gasteiger partial charge in [-0.3, -0.25) is 4.79 Å². The van der Waals surface area contributed by atoms with E-state index >= 15 is 0 Å². The quantitative estimate of drug-likeness (QED) is 0.582. The molecule has 5 heteroatoms. The molecule has 3 rings (SSSR count). The van der Waals surface area contributed by atoms with Crippen LogP contribution in [0.2, 0.25) is 0 Å². The van der Waals surface area contributed by atoms with Gasteiger partial charge in [0.1, 0.15) is 5.78 Å². The minimum Gasteiger partial charge on any atom is -0.332 e. The predicted molar refractivity (Wildman–Crippen MR) is 80.7 cm³/mol. The Kier molecular flexibility index (Phi) is 4.15. The number of Topliss-reactive ketones (excluding diaryl/α,β-unsaturated/α-hetero) is 1. The Balaban J connectivity index is 1.36. The van der Waals surface area contributed by atoms with E-state index in [0.29, 0.717) is 23.5 Å². The summed E-state index contributed by atoms with van der Waals surface area (Å²) in [6.45, 7) is 0. The summed E-state index contributed by atoms with van der Waals surface area (Å²) in [6, 6.07) is 0.553. The van der Waals surface area contributed by atoms with Gasteiger partial charge in [0.25, 0.3) is 0 Å². The number of allylic oxidation sites excluding steroid dienone is 4. The van der Waals surface area contributed by atoms with Gasteiger partial charge in [0.05, 0.1) is 18.0 Å². The highest BCUT2D eigenvalue weighted by Crippen LogP contribution is 2.33. The van der Waals surface area contributed by atoms with Crippen molar-refractivity contribution in [3.8, 4) is 0 Å². The van der Waals surface area contributed by atoms with E-state index < -0.39 is 0 Å². The molecule has 0 spiro atoms. The standard InChI is InChI=1S/C15H20N2O2S/c18-12(10-5-1-2-6-10)7-3-4-8-13-14-11(9-20-13)16-15(19)17-14/h1-2,5-6,10-11,13-14H,3-4,7-9H2,(H2,16,17,19)/t11-,13-,14-/m0/s1. The van der Waals surface area contributed by atoms with Crippen LogP contribution in [0.5, 0.6) is 0 Å². The number of unbranched alkanes of at least 4 members (excludes halogenated alkanes) is 1. The van der Waals surface area contributed by atoms with Crippen LogP contribution >= 0.6 is 11.8 Å². The Morgan fingerprint density at radius 1 is 1.25 bits per heavy atom. The van der Waals surface area contributed by atoms with Crippen molar-refractivity contribution in [2.75, 3.05) is 5.75 Å². The summed E-state index contributed by atoms with van der Waals surface area (Å²) in [5.74, 6) is 1.34. The summed E-state index contributed by atoms with van der Waals surface area (Å²) in [5, 5.41) is 6.46. The molecule has 1 aliphatic carbocycles. The average Bonchev–Trinajstić information content (AvgIpc) is 3.11. The molecule has 0 aromatic carbocycles. The lowest BCUT2D eigenvalue weighted by Gasteiger charge is -2.16. The van der Waals surface area contributed by atoms with Gasteiger partial charge in [-0.15, -0.1) is 0 Å². The zero-order valence-electron chi connectivity index (χ0n) is 11.4. The molecule has 2 heterocycles. The van der Waals surface area contributed by atoms with E-state index in [-0.39, 0.29) is 18.0 Å². The number of fused-ring (bicyclic) bond motifs is 1. The Hall–Kier alpha value is -1.23. The van der Waals surface area contributed by atoms with Crippen LogP contribution < -0.4 is 10.6 Å². The van der Waals surface area contributed by atoms with Crippen LogP contribution in [0.1, 0.15) is 25.7 Å². The smallest absolute Gasteiger partial charge is 0.315 e. The minimum atomic E-state index is -0.0275. The zero-order chi connectivity index (χ0) is 13.9. The highest BCUT2D eigenvalue weighted by molar-refractivity contribution is 8.00. The maximum absolute atomic E-state index is 11.9. The molecule has 20 heavy (non-hydrogen) atoms. The molecule has 0 saturated carbocycles. The fraction of sp³-hybridized carbons (Fsp3) is 0.600. The Bertz CT molecular complexity index is 449. The summed E-state index contributed by atoms with van der Waals surface area (Å²) in [5.41, 5.74) is 0. The highest BCUT2D eigenvalue weighted by Gasteiger charge is 2.42. The Labute approximate surface area is 123 Å². The van der Waals surface area contributed by atoms with Gasteiger partial charge in [0, 0.05) is 17.4 Å². The van der Waals surface area contributed by atoms with Gasteiger partial charge in [-0.25, -0.2) is 4.79 Å². The summed E-state index contributed by atoms with van der Waals surface area (Å²) in [7, 11) is 0. The van der Waals surface area contributed by atoms with Crippen molar-refractivity contribution in [2.24, 2.45) is 5.92 Å². The topological polar surface area (TPSA) is 58.2 Å². The summed E-state index contributed by atoms with van der Waals surface area (Å²) >= 11 is 1.94. The number of urea groups is 1. The monoisotopic (exact) mass is 292 g/mol. The Morgan fingerprint density at radius 3 is 2.85 bits per heavy atom. The summed E-state index contributed by atoms with van der Waals surface area (Å²) in [4.78, 5) is 23.2. The van der Waals surface area contributed by atoms with Crippen LogP contribution in [0.3, 0.4) is 0 Å². The number of nitrogens with one attached hydrogen (secondary N) is 2. The van der Waals surface area contributed by atoms with Gasteiger partial charge in [0.15, 0.2) is 0 Å². The maximum atomic E-state index is 11.9. The molecule has 2 saturated heterocycles. The number of ketones is 1. The largest absolute Gasteiger partial charge is 0.332 e. The van der Waals surface area contributed by atoms with E-state index in [1.54, 1.807) is 0 Å². The lowest BCUT2D eigenvalue weighted by molar-refractivity contribution is -0.120. The molecule has 108 valence electrons. The number of carbonyl (C=O) groups is 2. The molecule has 0 aromatic heterocycles. The van der Waals surface area contributed by atoms with Crippen molar-refractivity contribution in [3.63, 3.8) is 0 Å². The minimum absolute atomic E-state index is 0.0126. The van der Waals surface area contributed by atoms with Crippen LogP contribution in [0.4, 0.5) is 4.79 Å². The molecule has 2 aliphatic heterocycles. The molecule has 3 aliphatic rings. The van der Waals surface area contributed by atoms with Gasteiger partial charge in [0.2, 0.25) is 0 Å². The lowest BCUT2D eigenvalue weighted by atomic mass is 9.98. The molecule has 2 amide bonds. The molecule has 3 atom stereocenters. The molecule has 4 nitrogen and oxygen atoms in total. The van der Waals surface area contributed by atoms with Gasteiger partial charge in [-0.2, -0.15) is 11.8 Å². The fourth-order valence-corrected chi connectivity index (χ4v) is 4.64. The van der Waals surface area contributed by atoms with Gasteiger partial charge in [-0.05, 0) is 12.8 Å². The third-order valence-corrected chi connectivity index (χ3v) is 5.73. The van der Waals surface area contributed by atoms with Crippen molar-refractivity contribution in [1.82, 2.24) is 10.6 Å². The van der Waals surface area contributed by atoms with Crippen LogP contribution in [0, 0.1) is 5.92 Å². The van der Waals surface area contributed by atoms with E-state index in [1.165, 1.54) is 0 Å². The number of carbonyl (C=O) groups excluding carboxylic acids is 2. The molecule has 0 unspecified atom stereocenters. The SMILES string of the molecule is O=C1N[C@H]2[C@H](CS[C@H]2CCCCC(=O)C2C=CC=C2)N1. The first-order valence-corrected chi connectivity index (χ1v) is 8.35.